The van der Waals surface area contributed by atoms with Crippen LogP contribution in [-0.2, 0) is 0 Å². The summed E-state index contributed by atoms with van der Waals surface area (Å²) in [5.74, 6) is 0.508. The minimum atomic E-state index is -0.168. The molecule has 1 amide bonds. The quantitative estimate of drug-likeness (QED) is 0.739. The number of carbonyl (C=O) groups is 1. The first-order chi connectivity index (χ1) is 14.0. The van der Waals surface area contributed by atoms with Crippen molar-refractivity contribution in [2.45, 2.75) is 38.6 Å². The molecule has 0 aliphatic carbocycles. The molecule has 0 spiro atoms. The first kappa shape index (κ1) is 19.2. The Morgan fingerprint density at radius 3 is 2.28 bits per heavy atom. The average molecular weight is 391 g/mol. The molecule has 0 radical (unpaired) electrons. The number of phenolic OH excluding ortho intramolecular Hbond substituents is 1. The number of hydrogen-bond acceptors (Lipinski definition) is 4. The molecule has 4 rings (SSSR count). The van der Waals surface area contributed by atoms with Gasteiger partial charge in [0.25, 0.3) is 11.5 Å². The van der Waals surface area contributed by atoms with E-state index >= 15 is 0 Å². The Morgan fingerprint density at radius 1 is 1.03 bits per heavy atom. The summed E-state index contributed by atoms with van der Waals surface area (Å²) < 4.78 is 1.40. The fourth-order valence-corrected chi connectivity index (χ4v) is 4.03. The van der Waals surface area contributed by atoms with E-state index in [1.165, 1.54) is 10.2 Å². The maximum Gasteiger partial charge on any atom is 0.274 e. The first-order valence-corrected chi connectivity index (χ1v) is 10.1. The van der Waals surface area contributed by atoms with Gasteiger partial charge in [-0.25, -0.2) is 4.68 Å². The van der Waals surface area contributed by atoms with Gasteiger partial charge in [-0.15, -0.1) is 0 Å². The summed E-state index contributed by atoms with van der Waals surface area (Å²) in [6, 6.07) is 14.4. The minimum absolute atomic E-state index is 0.125. The van der Waals surface area contributed by atoms with Crippen LogP contribution in [0.25, 0.3) is 10.8 Å². The maximum absolute atomic E-state index is 13.3. The second kappa shape index (κ2) is 7.70. The molecule has 1 fully saturated rings. The molecule has 6 nitrogen and oxygen atoms in total. The highest BCUT2D eigenvalue weighted by atomic mass is 16.3. The van der Waals surface area contributed by atoms with Gasteiger partial charge in [-0.3, -0.25) is 9.59 Å². The third kappa shape index (κ3) is 3.62. The standard InChI is InChI=1S/C23H25N3O3/c1-15(2)26-22(28)20-6-4-3-5-19(20)21(24-26)23(29)25-13-11-17(12-14-25)16-7-9-18(27)10-8-16/h3-10,15,17,27H,11-14H2,1-2H3. The molecular formula is C23H25N3O3. The molecule has 0 atom stereocenters. The van der Waals surface area contributed by atoms with Gasteiger partial charge in [-0.2, -0.15) is 5.10 Å². The van der Waals surface area contributed by atoms with Crippen LogP contribution < -0.4 is 5.56 Å². The number of hydrogen-bond donors (Lipinski definition) is 1. The smallest absolute Gasteiger partial charge is 0.274 e. The molecule has 150 valence electrons. The zero-order chi connectivity index (χ0) is 20.5. The van der Waals surface area contributed by atoms with Crippen LogP contribution in [0, 0.1) is 0 Å². The lowest BCUT2D eigenvalue weighted by Gasteiger charge is -2.32. The molecule has 1 aromatic heterocycles. The van der Waals surface area contributed by atoms with Gasteiger partial charge in [-0.05, 0) is 56.4 Å². The van der Waals surface area contributed by atoms with Crippen molar-refractivity contribution in [1.82, 2.24) is 14.7 Å². The molecular weight excluding hydrogens is 366 g/mol. The van der Waals surface area contributed by atoms with Crippen LogP contribution in [0.3, 0.4) is 0 Å². The summed E-state index contributed by atoms with van der Waals surface area (Å²) >= 11 is 0. The first-order valence-electron chi connectivity index (χ1n) is 10.1. The zero-order valence-corrected chi connectivity index (χ0v) is 16.7. The highest BCUT2D eigenvalue weighted by Gasteiger charge is 2.27. The van der Waals surface area contributed by atoms with Crippen molar-refractivity contribution in [3.8, 4) is 5.75 Å². The summed E-state index contributed by atoms with van der Waals surface area (Å²) in [5, 5.41) is 15.1. The van der Waals surface area contributed by atoms with Crippen LogP contribution in [0.5, 0.6) is 5.75 Å². The molecule has 0 bridgehead atoms. The van der Waals surface area contributed by atoms with Gasteiger partial charge in [0, 0.05) is 18.5 Å². The van der Waals surface area contributed by atoms with Crippen molar-refractivity contribution < 1.29 is 9.90 Å². The summed E-state index contributed by atoms with van der Waals surface area (Å²) in [6.45, 7) is 5.06. The number of likely N-dealkylation sites (tertiary alicyclic amines) is 1. The Bertz CT molecular complexity index is 1090. The van der Waals surface area contributed by atoms with Crippen molar-refractivity contribution in [1.29, 1.82) is 0 Å². The summed E-state index contributed by atoms with van der Waals surface area (Å²) in [7, 11) is 0. The van der Waals surface area contributed by atoms with E-state index in [1.54, 1.807) is 24.3 Å². The van der Waals surface area contributed by atoms with Gasteiger partial charge in [0.05, 0.1) is 11.4 Å². The SMILES string of the molecule is CC(C)n1nc(C(=O)N2CCC(c3ccc(O)cc3)CC2)c2ccccc2c1=O. The Kier molecular flexibility index (Phi) is 5.09. The van der Waals surface area contributed by atoms with Crippen LogP contribution in [-0.4, -0.2) is 38.8 Å². The lowest BCUT2D eigenvalue weighted by Crippen LogP contribution is -2.39. The van der Waals surface area contributed by atoms with Gasteiger partial charge < -0.3 is 10.0 Å². The van der Waals surface area contributed by atoms with E-state index in [0.717, 1.165) is 12.8 Å². The number of fused-ring (bicyclic) bond motifs is 1. The van der Waals surface area contributed by atoms with Crippen LogP contribution in [0.4, 0.5) is 0 Å². The summed E-state index contributed by atoms with van der Waals surface area (Å²) in [6.07, 6.45) is 1.72. The molecule has 3 aromatic rings. The van der Waals surface area contributed by atoms with E-state index in [1.807, 2.05) is 43.0 Å². The molecule has 2 heterocycles. The van der Waals surface area contributed by atoms with Crippen molar-refractivity contribution in [3.63, 3.8) is 0 Å². The molecule has 2 aromatic carbocycles. The largest absolute Gasteiger partial charge is 0.508 e. The maximum atomic E-state index is 13.3. The molecule has 0 unspecified atom stereocenters. The average Bonchev–Trinajstić information content (AvgIpc) is 2.74. The fraction of sp³-hybridized carbons (Fsp3) is 0.348. The van der Waals surface area contributed by atoms with Gasteiger partial charge in [-0.1, -0.05) is 30.3 Å². The van der Waals surface area contributed by atoms with Crippen molar-refractivity contribution in [2.75, 3.05) is 13.1 Å². The third-order valence-electron chi connectivity index (χ3n) is 5.67. The number of nitrogens with zero attached hydrogens (tertiary/aromatic N) is 3. The number of rotatable bonds is 3. The number of amides is 1. The summed E-state index contributed by atoms with van der Waals surface area (Å²) in [4.78, 5) is 27.8. The topological polar surface area (TPSA) is 75.4 Å². The molecule has 0 saturated carbocycles. The molecule has 1 aliphatic heterocycles. The van der Waals surface area contributed by atoms with Crippen LogP contribution >= 0.6 is 0 Å². The highest BCUT2D eigenvalue weighted by Crippen LogP contribution is 2.30. The van der Waals surface area contributed by atoms with Crippen LogP contribution in [0.15, 0.2) is 53.3 Å². The van der Waals surface area contributed by atoms with Gasteiger partial charge in [0.15, 0.2) is 5.69 Å². The Morgan fingerprint density at radius 2 is 1.66 bits per heavy atom. The molecule has 1 aliphatic rings. The lowest BCUT2D eigenvalue weighted by molar-refractivity contribution is 0.0706. The third-order valence-corrected chi connectivity index (χ3v) is 5.67. The fourth-order valence-electron chi connectivity index (χ4n) is 4.03. The van der Waals surface area contributed by atoms with Crippen LogP contribution in [0.1, 0.15) is 54.7 Å². The Balaban J connectivity index is 1.61. The lowest BCUT2D eigenvalue weighted by atomic mass is 9.89. The van der Waals surface area contributed by atoms with Gasteiger partial charge >= 0.3 is 0 Å². The number of aromatic hydroxyl groups is 1. The van der Waals surface area contributed by atoms with E-state index in [4.69, 9.17) is 0 Å². The predicted molar refractivity (Wildman–Crippen MR) is 112 cm³/mol. The monoisotopic (exact) mass is 391 g/mol. The van der Waals surface area contributed by atoms with Gasteiger partial charge in [0.1, 0.15) is 5.75 Å². The second-order valence-corrected chi connectivity index (χ2v) is 7.90. The molecule has 29 heavy (non-hydrogen) atoms. The number of benzene rings is 2. The van der Waals surface area contributed by atoms with E-state index in [9.17, 15) is 14.7 Å². The molecule has 1 N–H and O–H groups in total. The van der Waals surface area contributed by atoms with E-state index in [-0.39, 0.29) is 23.3 Å². The van der Waals surface area contributed by atoms with Crippen molar-refractivity contribution in [3.05, 3.63) is 70.1 Å². The Hall–Kier alpha value is -3.15. The van der Waals surface area contributed by atoms with E-state index in [2.05, 4.69) is 5.10 Å². The normalized spacial score (nSPS) is 15.2. The number of phenols is 1. The minimum Gasteiger partial charge on any atom is -0.508 e. The summed E-state index contributed by atoms with van der Waals surface area (Å²) in [5.41, 5.74) is 1.36. The van der Waals surface area contributed by atoms with Crippen LogP contribution in [0.2, 0.25) is 0 Å². The van der Waals surface area contributed by atoms with Crippen molar-refractivity contribution >= 4 is 16.7 Å². The zero-order valence-electron chi connectivity index (χ0n) is 16.7. The Labute approximate surface area is 169 Å². The number of aromatic nitrogens is 2. The van der Waals surface area contributed by atoms with E-state index < -0.39 is 0 Å². The molecule has 6 heteroatoms. The van der Waals surface area contributed by atoms with Crippen molar-refractivity contribution in [2.24, 2.45) is 0 Å². The predicted octanol–water partition coefficient (Wildman–Crippen LogP) is 3.70. The van der Waals surface area contributed by atoms with E-state index in [0.29, 0.717) is 35.5 Å². The number of carbonyl (C=O) groups excluding carboxylic acids is 1. The van der Waals surface area contributed by atoms with Gasteiger partial charge in [0.2, 0.25) is 0 Å². The molecule has 1 saturated heterocycles. The second-order valence-electron chi connectivity index (χ2n) is 7.90. The highest BCUT2D eigenvalue weighted by molar-refractivity contribution is 6.04. The number of piperidine rings is 1.